The summed E-state index contributed by atoms with van der Waals surface area (Å²) in [5, 5.41) is 3.36. The summed E-state index contributed by atoms with van der Waals surface area (Å²) in [5.41, 5.74) is 12.6. The number of nitrogens with one attached hydrogen (secondary N) is 1. The second-order valence-electron chi connectivity index (χ2n) is 4.70. The maximum absolute atomic E-state index is 11.2. The molecule has 1 atom stereocenters. The van der Waals surface area contributed by atoms with E-state index in [9.17, 15) is 4.79 Å². The summed E-state index contributed by atoms with van der Waals surface area (Å²) in [4.78, 5) is 13.6. The standard InChI is InChI=1S/C14H24N4O/c1-4-18(5-2)9-10(3)17-11-6-7-13(15)12(8-11)14(16)19/h6-8,10,17H,4-5,9,15H2,1-3H3,(H2,16,19). The van der Waals surface area contributed by atoms with Gasteiger partial charge in [0.25, 0.3) is 5.91 Å². The zero-order valence-corrected chi connectivity index (χ0v) is 11.9. The number of benzene rings is 1. The highest BCUT2D eigenvalue weighted by Gasteiger charge is 2.10. The highest BCUT2D eigenvalue weighted by molar-refractivity contribution is 5.98. The molecule has 1 aromatic rings. The van der Waals surface area contributed by atoms with Gasteiger partial charge in [-0.05, 0) is 38.2 Å². The average molecular weight is 264 g/mol. The topological polar surface area (TPSA) is 84.4 Å². The number of nitrogen functional groups attached to an aromatic ring is 1. The number of hydrogen-bond donors (Lipinski definition) is 3. The van der Waals surface area contributed by atoms with Crippen molar-refractivity contribution in [3.63, 3.8) is 0 Å². The second kappa shape index (κ2) is 6.99. The van der Waals surface area contributed by atoms with E-state index in [1.807, 2.05) is 6.07 Å². The Kier molecular flexibility index (Phi) is 5.63. The first-order valence-electron chi connectivity index (χ1n) is 6.66. The number of nitrogens with two attached hydrogens (primary N) is 2. The molecule has 1 amide bonds. The summed E-state index contributed by atoms with van der Waals surface area (Å²) >= 11 is 0. The Labute approximate surface area is 115 Å². The maximum atomic E-state index is 11.2. The number of likely N-dealkylation sites (N-methyl/N-ethyl adjacent to an activating group) is 1. The zero-order chi connectivity index (χ0) is 14.4. The molecule has 0 bridgehead atoms. The van der Waals surface area contributed by atoms with Gasteiger partial charge in [-0.15, -0.1) is 0 Å². The van der Waals surface area contributed by atoms with Crippen molar-refractivity contribution in [3.05, 3.63) is 23.8 Å². The first-order chi connectivity index (χ1) is 8.97. The minimum Gasteiger partial charge on any atom is -0.398 e. The molecule has 0 aliphatic carbocycles. The van der Waals surface area contributed by atoms with Gasteiger partial charge in [0.15, 0.2) is 0 Å². The van der Waals surface area contributed by atoms with Crippen molar-refractivity contribution in [2.75, 3.05) is 30.7 Å². The van der Waals surface area contributed by atoms with Crippen LogP contribution in [0.4, 0.5) is 11.4 Å². The number of hydrogen-bond acceptors (Lipinski definition) is 4. The molecule has 0 spiro atoms. The number of carbonyl (C=O) groups excluding carboxylic acids is 1. The minimum absolute atomic E-state index is 0.282. The van der Waals surface area contributed by atoms with Gasteiger partial charge in [0, 0.05) is 24.0 Å². The molecular weight excluding hydrogens is 240 g/mol. The van der Waals surface area contributed by atoms with Crippen LogP contribution in [0.5, 0.6) is 0 Å². The molecule has 1 unspecified atom stereocenters. The van der Waals surface area contributed by atoms with Crippen LogP contribution in [0.25, 0.3) is 0 Å². The fourth-order valence-corrected chi connectivity index (χ4v) is 2.06. The largest absolute Gasteiger partial charge is 0.398 e. The third-order valence-electron chi connectivity index (χ3n) is 3.16. The molecule has 0 aromatic heterocycles. The molecule has 106 valence electrons. The molecule has 5 nitrogen and oxygen atoms in total. The lowest BCUT2D eigenvalue weighted by Gasteiger charge is -2.24. The fraction of sp³-hybridized carbons (Fsp3) is 0.500. The molecule has 0 aliphatic rings. The average Bonchev–Trinajstić information content (AvgIpc) is 2.37. The van der Waals surface area contributed by atoms with Crippen molar-refractivity contribution in [1.29, 1.82) is 0 Å². The predicted molar refractivity (Wildman–Crippen MR) is 80.2 cm³/mol. The highest BCUT2D eigenvalue weighted by atomic mass is 16.1. The van der Waals surface area contributed by atoms with E-state index in [2.05, 4.69) is 31.0 Å². The molecule has 1 rings (SSSR count). The summed E-state index contributed by atoms with van der Waals surface area (Å²) in [6.07, 6.45) is 0. The Hall–Kier alpha value is -1.75. The SMILES string of the molecule is CCN(CC)CC(C)Nc1ccc(N)c(C(N)=O)c1. The van der Waals surface area contributed by atoms with Gasteiger partial charge in [0.1, 0.15) is 0 Å². The van der Waals surface area contributed by atoms with Gasteiger partial charge < -0.3 is 21.7 Å². The molecule has 19 heavy (non-hydrogen) atoms. The van der Waals surface area contributed by atoms with E-state index in [1.54, 1.807) is 12.1 Å². The second-order valence-corrected chi connectivity index (χ2v) is 4.70. The van der Waals surface area contributed by atoms with E-state index in [0.717, 1.165) is 25.3 Å². The van der Waals surface area contributed by atoms with Crippen molar-refractivity contribution in [2.24, 2.45) is 5.73 Å². The molecule has 0 fully saturated rings. The predicted octanol–water partition coefficient (Wildman–Crippen LogP) is 1.51. The molecule has 1 aromatic carbocycles. The van der Waals surface area contributed by atoms with Gasteiger partial charge >= 0.3 is 0 Å². The van der Waals surface area contributed by atoms with Crippen LogP contribution < -0.4 is 16.8 Å². The lowest BCUT2D eigenvalue weighted by atomic mass is 10.1. The van der Waals surface area contributed by atoms with E-state index in [4.69, 9.17) is 11.5 Å². The van der Waals surface area contributed by atoms with Crippen molar-refractivity contribution in [2.45, 2.75) is 26.8 Å². The number of carbonyl (C=O) groups is 1. The summed E-state index contributed by atoms with van der Waals surface area (Å²) in [5.74, 6) is -0.502. The van der Waals surface area contributed by atoms with Crippen molar-refractivity contribution < 1.29 is 4.79 Å². The molecule has 5 N–H and O–H groups in total. The van der Waals surface area contributed by atoms with Crippen molar-refractivity contribution >= 4 is 17.3 Å². The van der Waals surface area contributed by atoms with Gasteiger partial charge in [-0.2, -0.15) is 0 Å². The van der Waals surface area contributed by atoms with Crippen LogP contribution in [0.3, 0.4) is 0 Å². The van der Waals surface area contributed by atoms with E-state index in [-0.39, 0.29) is 6.04 Å². The van der Waals surface area contributed by atoms with Crippen LogP contribution >= 0.6 is 0 Å². The summed E-state index contributed by atoms with van der Waals surface area (Å²) in [6, 6.07) is 5.55. The van der Waals surface area contributed by atoms with Gasteiger partial charge in [-0.3, -0.25) is 4.79 Å². The van der Waals surface area contributed by atoms with Crippen LogP contribution in [-0.2, 0) is 0 Å². The molecular formula is C14H24N4O. The minimum atomic E-state index is -0.502. The van der Waals surface area contributed by atoms with Crippen LogP contribution in [0, 0.1) is 0 Å². The lowest BCUT2D eigenvalue weighted by Crippen LogP contribution is -2.34. The maximum Gasteiger partial charge on any atom is 0.250 e. The Morgan fingerprint density at radius 2 is 2.00 bits per heavy atom. The molecule has 5 heteroatoms. The van der Waals surface area contributed by atoms with Gasteiger partial charge in [0.2, 0.25) is 0 Å². The van der Waals surface area contributed by atoms with E-state index >= 15 is 0 Å². The van der Waals surface area contributed by atoms with Gasteiger partial charge in [-0.25, -0.2) is 0 Å². The smallest absolute Gasteiger partial charge is 0.250 e. The zero-order valence-electron chi connectivity index (χ0n) is 11.9. The molecule has 0 saturated heterocycles. The first kappa shape index (κ1) is 15.3. The Morgan fingerprint density at radius 3 is 2.53 bits per heavy atom. The lowest BCUT2D eigenvalue weighted by molar-refractivity contribution is 0.100. The van der Waals surface area contributed by atoms with E-state index < -0.39 is 5.91 Å². The Bertz CT molecular complexity index is 429. The molecule has 0 aliphatic heterocycles. The van der Waals surface area contributed by atoms with Crippen LogP contribution in [0.2, 0.25) is 0 Å². The molecule has 0 heterocycles. The van der Waals surface area contributed by atoms with E-state index in [1.165, 1.54) is 0 Å². The fourth-order valence-electron chi connectivity index (χ4n) is 2.06. The number of anilines is 2. The van der Waals surface area contributed by atoms with Crippen LogP contribution in [0.1, 0.15) is 31.1 Å². The number of primary amides is 1. The highest BCUT2D eigenvalue weighted by Crippen LogP contribution is 2.18. The Morgan fingerprint density at radius 1 is 1.37 bits per heavy atom. The number of amides is 1. The first-order valence-corrected chi connectivity index (χ1v) is 6.66. The molecule has 0 radical (unpaired) electrons. The van der Waals surface area contributed by atoms with Crippen LogP contribution in [-0.4, -0.2) is 36.5 Å². The number of nitrogens with zero attached hydrogens (tertiary/aromatic N) is 1. The summed E-state index contributed by atoms with van der Waals surface area (Å²) < 4.78 is 0. The van der Waals surface area contributed by atoms with Crippen molar-refractivity contribution in [1.82, 2.24) is 4.90 Å². The van der Waals surface area contributed by atoms with Gasteiger partial charge in [-0.1, -0.05) is 13.8 Å². The summed E-state index contributed by atoms with van der Waals surface area (Å²) in [7, 11) is 0. The third-order valence-corrected chi connectivity index (χ3v) is 3.16. The van der Waals surface area contributed by atoms with Gasteiger partial charge in [0.05, 0.1) is 5.56 Å². The van der Waals surface area contributed by atoms with Crippen LogP contribution in [0.15, 0.2) is 18.2 Å². The quantitative estimate of drug-likeness (QED) is 0.652. The third kappa shape index (κ3) is 4.44. The van der Waals surface area contributed by atoms with E-state index in [0.29, 0.717) is 11.3 Å². The normalized spacial score (nSPS) is 12.4. The molecule has 0 saturated carbocycles. The van der Waals surface area contributed by atoms with Crippen molar-refractivity contribution in [3.8, 4) is 0 Å². The monoisotopic (exact) mass is 264 g/mol. The number of rotatable bonds is 7. The Balaban J connectivity index is 2.71. The summed E-state index contributed by atoms with van der Waals surface area (Å²) in [6.45, 7) is 9.39.